The molecular weight excluding hydrogens is 242 g/mol. The van der Waals surface area contributed by atoms with Crippen LogP contribution in [0.3, 0.4) is 0 Å². The van der Waals surface area contributed by atoms with Gasteiger partial charge in [0, 0.05) is 6.04 Å². The van der Waals surface area contributed by atoms with Crippen molar-refractivity contribution in [1.82, 2.24) is 5.32 Å². The van der Waals surface area contributed by atoms with Crippen molar-refractivity contribution in [2.45, 2.75) is 58.4 Å². The molecule has 5 atom stereocenters. The van der Waals surface area contributed by atoms with Gasteiger partial charge in [-0.15, -0.1) is 0 Å². The van der Waals surface area contributed by atoms with Crippen LogP contribution >= 0.6 is 0 Å². The van der Waals surface area contributed by atoms with E-state index in [1.807, 2.05) is 0 Å². The summed E-state index contributed by atoms with van der Waals surface area (Å²) in [5, 5.41) is 3.66. The van der Waals surface area contributed by atoms with Crippen LogP contribution in [0, 0.1) is 17.8 Å². The third-order valence-electron chi connectivity index (χ3n) is 5.58. The van der Waals surface area contributed by atoms with Crippen LogP contribution in [0.4, 0.5) is 0 Å². The van der Waals surface area contributed by atoms with Crippen molar-refractivity contribution in [2.24, 2.45) is 17.8 Å². The van der Waals surface area contributed by atoms with Gasteiger partial charge in [-0.25, -0.2) is 0 Å². The minimum atomic E-state index is 0.623. The first-order valence-corrected chi connectivity index (χ1v) is 8.39. The molecule has 0 radical (unpaired) electrons. The van der Waals surface area contributed by atoms with E-state index in [2.05, 4.69) is 63.5 Å². The average molecular weight is 273 g/mol. The molecule has 112 valence electrons. The molecule has 1 aliphatic carbocycles. The summed E-state index contributed by atoms with van der Waals surface area (Å²) >= 11 is 0. The molecule has 0 bridgehead atoms. The first-order chi connectivity index (χ1) is 9.67. The molecule has 0 spiro atoms. The Kier molecular flexibility index (Phi) is 5.65. The van der Waals surface area contributed by atoms with E-state index in [-0.39, 0.29) is 0 Å². The molecule has 0 saturated heterocycles. The maximum Gasteiger partial charge on any atom is 0.0161 e. The van der Waals surface area contributed by atoms with Crippen molar-refractivity contribution in [3.8, 4) is 0 Å². The van der Waals surface area contributed by atoms with Crippen LogP contribution in [-0.2, 0) is 0 Å². The molecule has 1 nitrogen and oxygen atoms in total. The summed E-state index contributed by atoms with van der Waals surface area (Å²) in [5.41, 5.74) is 1.50. The summed E-state index contributed by atoms with van der Waals surface area (Å²) in [6.45, 7) is 7.19. The van der Waals surface area contributed by atoms with Crippen molar-refractivity contribution in [1.29, 1.82) is 0 Å². The molecule has 1 aliphatic rings. The summed E-state index contributed by atoms with van der Waals surface area (Å²) < 4.78 is 0. The summed E-state index contributed by atoms with van der Waals surface area (Å²) in [6, 6.07) is 11.7. The maximum absolute atomic E-state index is 3.66. The lowest BCUT2D eigenvalue weighted by Crippen LogP contribution is -2.42. The largest absolute Gasteiger partial charge is 0.316 e. The SMILES string of the molecule is CCC(c1ccccc1)C(NC)C1CCC(C)C(C)C1. The molecule has 2 rings (SSSR count). The Morgan fingerprint density at radius 3 is 2.35 bits per heavy atom. The van der Waals surface area contributed by atoms with E-state index in [0.29, 0.717) is 12.0 Å². The Bertz CT molecular complexity index is 386. The fourth-order valence-electron chi connectivity index (χ4n) is 4.08. The minimum Gasteiger partial charge on any atom is -0.316 e. The molecule has 1 fully saturated rings. The van der Waals surface area contributed by atoms with Gasteiger partial charge in [-0.1, -0.05) is 57.5 Å². The number of likely N-dealkylation sites (N-methyl/N-ethyl adjacent to an activating group) is 1. The van der Waals surface area contributed by atoms with Crippen molar-refractivity contribution in [2.75, 3.05) is 7.05 Å². The van der Waals surface area contributed by atoms with Crippen LogP contribution in [0.1, 0.15) is 57.9 Å². The molecule has 20 heavy (non-hydrogen) atoms. The molecule has 1 aromatic rings. The second-order valence-electron chi connectivity index (χ2n) is 6.77. The Morgan fingerprint density at radius 1 is 1.10 bits per heavy atom. The zero-order valence-electron chi connectivity index (χ0n) is 13.6. The fourth-order valence-corrected chi connectivity index (χ4v) is 4.08. The Balaban J connectivity index is 2.13. The normalized spacial score (nSPS) is 29.9. The zero-order chi connectivity index (χ0) is 14.5. The molecular formula is C19H31N. The first kappa shape index (κ1) is 15.6. The number of hydrogen-bond donors (Lipinski definition) is 1. The van der Waals surface area contributed by atoms with Gasteiger partial charge in [-0.05, 0) is 55.5 Å². The van der Waals surface area contributed by atoms with Gasteiger partial charge >= 0.3 is 0 Å². The third-order valence-corrected chi connectivity index (χ3v) is 5.58. The average Bonchev–Trinajstić information content (AvgIpc) is 2.48. The first-order valence-electron chi connectivity index (χ1n) is 8.39. The zero-order valence-corrected chi connectivity index (χ0v) is 13.6. The lowest BCUT2D eigenvalue weighted by Gasteiger charge is -2.40. The van der Waals surface area contributed by atoms with Gasteiger partial charge in [0.15, 0.2) is 0 Å². The molecule has 1 aromatic carbocycles. The van der Waals surface area contributed by atoms with Gasteiger partial charge < -0.3 is 5.32 Å². The van der Waals surface area contributed by atoms with Crippen molar-refractivity contribution in [3.05, 3.63) is 35.9 Å². The molecule has 5 unspecified atom stereocenters. The second kappa shape index (κ2) is 7.26. The predicted octanol–water partition coefficient (Wildman–Crippen LogP) is 4.84. The summed E-state index contributed by atoms with van der Waals surface area (Å²) in [4.78, 5) is 0. The molecule has 1 heteroatoms. The lowest BCUT2D eigenvalue weighted by atomic mass is 9.69. The summed E-state index contributed by atoms with van der Waals surface area (Å²) in [7, 11) is 2.15. The van der Waals surface area contributed by atoms with E-state index in [1.54, 1.807) is 0 Å². The van der Waals surface area contributed by atoms with Gasteiger partial charge in [0.2, 0.25) is 0 Å². The Labute approximate surface area is 125 Å². The van der Waals surface area contributed by atoms with Crippen molar-refractivity contribution >= 4 is 0 Å². The quantitative estimate of drug-likeness (QED) is 0.809. The molecule has 0 heterocycles. The summed E-state index contributed by atoms with van der Waals surface area (Å²) in [6.07, 6.45) is 5.39. The fraction of sp³-hybridized carbons (Fsp3) is 0.684. The predicted molar refractivity (Wildman–Crippen MR) is 88.0 cm³/mol. The molecule has 0 amide bonds. The maximum atomic E-state index is 3.66. The van der Waals surface area contributed by atoms with Crippen molar-refractivity contribution in [3.63, 3.8) is 0 Å². The van der Waals surface area contributed by atoms with E-state index in [4.69, 9.17) is 0 Å². The van der Waals surface area contributed by atoms with Crippen LogP contribution in [0.25, 0.3) is 0 Å². The Hall–Kier alpha value is -0.820. The van der Waals surface area contributed by atoms with Crippen LogP contribution < -0.4 is 5.32 Å². The highest BCUT2D eigenvalue weighted by Crippen LogP contribution is 2.39. The topological polar surface area (TPSA) is 12.0 Å². The highest BCUT2D eigenvalue weighted by molar-refractivity contribution is 5.21. The van der Waals surface area contributed by atoms with Gasteiger partial charge in [0.25, 0.3) is 0 Å². The van der Waals surface area contributed by atoms with E-state index in [0.717, 1.165) is 17.8 Å². The third kappa shape index (κ3) is 3.44. The monoisotopic (exact) mass is 273 g/mol. The van der Waals surface area contributed by atoms with E-state index < -0.39 is 0 Å². The van der Waals surface area contributed by atoms with E-state index in [1.165, 1.54) is 31.2 Å². The molecule has 0 aromatic heterocycles. The number of hydrogen-bond acceptors (Lipinski definition) is 1. The van der Waals surface area contributed by atoms with Crippen LogP contribution in [0.5, 0.6) is 0 Å². The van der Waals surface area contributed by atoms with Crippen LogP contribution in [-0.4, -0.2) is 13.1 Å². The van der Waals surface area contributed by atoms with Gasteiger partial charge in [-0.3, -0.25) is 0 Å². The van der Waals surface area contributed by atoms with E-state index in [9.17, 15) is 0 Å². The van der Waals surface area contributed by atoms with Crippen LogP contribution in [0.2, 0.25) is 0 Å². The number of nitrogens with one attached hydrogen (secondary N) is 1. The van der Waals surface area contributed by atoms with Gasteiger partial charge in [0.1, 0.15) is 0 Å². The van der Waals surface area contributed by atoms with Crippen LogP contribution in [0.15, 0.2) is 30.3 Å². The minimum absolute atomic E-state index is 0.623. The van der Waals surface area contributed by atoms with Crippen molar-refractivity contribution < 1.29 is 0 Å². The molecule has 1 N–H and O–H groups in total. The van der Waals surface area contributed by atoms with E-state index >= 15 is 0 Å². The Morgan fingerprint density at radius 2 is 1.80 bits per heavy atom. The standard InChI is InChI=1S/C19H31N/c1-5-18(16-9-7-6-8-10-16)19(20-4)17-12-11-14(2)15(3)13-17/h6-10,14-15,17-20H,5,11-13H2,1-4H3. The second-order valence-corrected chi connectivity index (χ2v) is 6.77. The number of rotatable bonds is 5. The highest BCUT2D eigenvalue weighted by Gasteiger charge is 2.33. The number of benzene rings is 1. The summed E-state index contributed by atoms with van der Waals surface area (Å²) in [5.74, 6) is 3.25. The molecule has 1 saturated carbocycles. The molecule has 0 aliphatic heterocycles. The van der Waals surface area contributed by atoms with Gasteiger partial charge in [0.05, 0.1) is 0 Å². The lowest BCUT2D eigenvalue weighted by molar-refractivity contribution is 0.160. The highest BCUT2D eigenvalue weighted by atomic mass is 14.9. The smallest absolute Gasteiger partial charge is 0.0161 e. The van der Waals surface area contributed by atoms with Gasteiger partial charge in [-0.2, -0.15) is 0 Å².